The van der Waals surface area contributed by atoms with Gasteiger partial charge in [0.2, 0.25) is 5.91 Å². The summed E-state index contributed by atoms with van der Waals surface area (Å²) >= 11 is 0. The number of carbonyl (C=O) groups is 2. The lowest BCUT2D eigenvalue weighted by Gasteiger charge is -2.49. The first-order valence-corrected chi connectivity index (χ1v) is 12.4. The average molecular weight is 493 g/mol. The molecule has 4 N–H and O–H groups in total. The van der Waals surface area contributed by atoms with Gasteiger partial charge >= 0.3 is 0 Å². The molecule has 36 heavy (non-hydrogen) atoms. The number of nitrogens with one attached hydrogen (secondary N) is 3. The number of ether oxygens (including phenoxy) is 1. The highest BCUT2D eigenvalue weighted by Gasteiger charge is 2.53. The van der Waals surface area contributed by atoms with Crippen molar-refractivity contribution in [1.82, 2.24) is 15.5 Å². The minimum atomic E-state index is -1.38. The maximum Gasteiger partial charge on any atom is 0.251 e. The van der Waals surface area contributed by atoms with Gasteiger partial charge in [0.15, 0.2) is 5.96 Å². The summed E-state index contributed by atoms with van der Waals surface area (Å²) in [6.45, 7) is 11.0. The molecule has 1 fully saturated rings. The van der Waals surface area contributed by atoms with Crippen molar-refractivity contribution in [3.8, 4) is 5.75 Å². The van der Waals surface area contributed by atoms with Crippen LogP contribution in [-0.2, 0) is 4.79 Å². The molecule has 2 amide bonds. The van der Waals surface area contributed by atoms with Crippen LogP contribution in [-0.4, -0.2) is 44.5 Å². The van der Waals surface area contributed by atoms with Gasteiger partial charge in [-0.3, -0.25) is 19.9 Å². The van der Waals surface area contributed by atoms with Gasteiger partial charge in [0, 0.05) is 16.7 Å². The predicted octanol–water partition coefficient (Wildman–Crippen LogP) is 4.07. The highest BCUT2D eigenvalue weighted by atomic mass is 16.5. The Morgan fingerprint density at radius 2 is 1.92 bits per heavy atom. The van der Waals surface area contributed by atoms with Crippen LogP contribution in [0.3, 0.4) is 0 Å². The number of aliphatic hydroxyl groups is 1. The maximum atomic E-state index is 13.4. The van der Waals surface area contributed by atoms with E-state index in [0.29, 0.717) is 23.3 Å². The molecule has 2 aliphatic heterocycles. The van der Waals surface area contributed by atoms with Crippen molar-refractivity contribution in [2.75, 3.05) is 0 Å². The molecular formula is C28H36N4O4. The lowest BCUT2D eigenvalue weighted by Crippen LogP contribution is -2.62. The highest BCUT2D eigenvalue weighted by molar-refractivity contribution is 5.99. The second kappa shape index (κ2) is 8.92. The predicted molar refractivity (Wildman–Crippen MR) is 138 cm³/mol. The number of hydrogen-bond acceptors (Lipinski definition) is 5. The van der Waals surface area contributed by atoms with Crippen LogP contribution < -0.4 is 15.4 Å². The second-order valence-electron chi connectivity index (χ2n) is 10.8. The first kappa shape index (κ1) is 25.7. The molecule has 3 unspecified atom stereocenters. The number of rotatable bonds is 5. The van der Waals surface area contributed by atoms with E-state index in [4.69, 9.17) is 10.1 Å². The summed E-state index contributed by atoms with van der Waals surface area (Å²) in [6.07, 6.45) is 1.03. The number of benzene rings is 2. The number of nitrogens with zero attached hydrogens (tertiary/aromatic N) is 1. The maximum absolute atomic E-state index is 13.4. The minimum Gasteiger partial charge on any atom is -0.484 e. The lowest BCUT2D eigenvalue weighted by atomic mass is 9.75. The van der Waals surface area contributed by atoms with Crippen LogP contribution >= 0.6 is 0 Å². The van der Waals surface area contributed by atoms with Crippen molar-refractivity contribution in [2.24, 2.45) is 0 Å². The zero-order valence-electron chi connectivity index (χ0n) is 21.8. The number of hydrogen-bond donors (Lipinski definition) is 4. The molecule has 2 aromatic rings. The zero-order chi connectivity index (χ0) is 26.5. The van der Waals surface area contributed by atoms with Crippen LogP contribution in [0.1, 0.15) is 88.0 Å². The van der Waals surface area contributed by atoms with Gasteiger partial charge in [-0.15, -0.1) is 0 Å². The number of carbonyl (C=O) groups excluding carboxylic acids is 2. The van der Waals surface area contributed by atoms with E-state index in [0.717, 1.165) is 12.0 Å². The molecule has 0 bridgehead atoms. The van der Waals surface area contributed by atoms with Crippen LogP contribution in [0.5, 0.6) is 5.75 Å². The van der Waals surface area contributed by atoms with E-state index in [9.17, 15) is 14.7 Å². The standard InChI is InChI=1S/C28H36N4O4/c1-7-27(5)16-22(33)32(25(29)31-27)17(2)18-11-10-12-19(15-18)24(34)30-23-20-13-8-9-14-21(20)36-26(3,4)28(23,6)35/h8-15,17,23,35H,7,16H2,1-6H3,(H2,29,31)(H,30,34)/t17?,23?,27-,28?/m1/s1. The van der Waals surface area contributed by atoms with Crippen molar-refractivity contribution in [1.29, 1.82) is 5.41 Å². The zero-order valence-corrected chi connectivity index (χ0v) is 21.8. The van der Waals surface area contributed by atoms with Gasteiger partial charge in [0.05, 0.1) is 18.5 Å². The SMILES string of the molecule is CC[C@]1(C)CC(=O)N(C(C)c2cccc(C(=O)NC3c4ccccc4OC(C)(C)C3(C)O)c2)C(=N)N1. The van der Waals surface area contributed by atoms with Gasteiger partial charge in [0.1, 0.15) is 17.0 Å². The quantitative estimate of drug-likeness (QED) is 0.502. The third-order valence-electron chi connectivity index (χ3n) is 7.92. The molecule has 2 aromatic carbocycles. The summed E-state index contributed by atoms with van der Waals surface area (Å²) in [4.78, 5) is 27.8. The second-order valence-corrected chi connectivity index (χ2v) is 10.8. The van der Waals surface area contributed by atoms with E-state index in [1.807, 2.05) is 51.1 Å². The first-order chi connectivity index (χ1) is 16.8. The Morgan fingerprint density at radius 1 is 1.22 bits per heavy atom. The van der Waals surface area contributed by atoms with Crippen LogP contribution in [0, 0.1) is 5.41 Å². The largest absolute Gasteiger partial charge is 0.484 e. The number of fused-ring (bicyclic) bond motifs is 1. The fraction of sp³-hybridized carbons (Fsp3) is 0.464. The van der Waals surface area contributed by atoms with E-state index in [2.05, 4.69) is 10.6 Å². The number of para-hydroxylation sites is 1. The first-order valence-electron chi connectivity index (χ1n) is 12.4. The monoisotopic (exact) mass is 492 g/mol. The molecule has 0 spiro atoms. The molecule has 0 radical (unpaired) electrons. The number of guanidine groups is 1. The molecule has 1 saturated heterocycles. The summed E-state index contributed by atoms with van der Waals surface area (Å²) in [5.74, 6) is 0.214. The fourth-order valence-electron chi connectivity index (χ4n) is 4.92. The normalized spacial score (nSPS) is 28.0. The Hall–Kier alpha value is -3.39. The average Bonchev–Trinajstić information content (AvgIpc) is 2.81. The van der Waals surface area contributed by atoms with E-state index in [1.165, 1.54) is 4.90 Å². The summed E-state index contributed by atoms with van der Waals surface area (Å²) in [7, 11) is 0. The van der Waals surface area contributed by atoms with Crippen molar-refractivity contribution >= 4 is 17.8 Å². The number of amides is 2. The topological polar surface area (TPSA) is 115 Å². The van der Waals surface area contributed by atoms with Gasteiger partial charge in [-0.25, -0.2) is 0 Å². The molecule has 0 aromatic heterocycles. The molecule has 2 heterocycles. The summed E-state index contributed by atoms with van der Waals surface area (Å²) < 4.78 is 6.05. The molecule has 0 aliphatic carbocycles. The van der Waals surface area contributed by atoms with E-state index in [-0.39, 0.29) is 17.8 Å². The smallest absolute Gasteiger partial charge is 0.251 e. The van der Waals surface area contributed by atoms with Crippen LogP contribution in [0.25, 0.3) is 0 Å². The van der Waals surface area contributed by atoms with Gasteiger partial charge in [-0.1, -0.05) is 37.3 Å². The minimum absolute atomic E-state index is 0.0649. The summed E-state index contributed by atoms with van der Waals surface area (Å²) in [6, 6.07) is 13.3. The Labute approximate surface area is 212 Å². The highest BCUT2D eigenvalue weighted by Crippen LogP contribution is 2.46. The van der Waals surface area contributed by atoms with Crippen molar-refractivity contribution < 1.29 is 19.4 Å². The fourth-order valence-corrected chi connectivity index (χ4v) is 4.92. The van der Waals surface area contributed by atoms with Crippen LogP contribution in [0.2, 0.25) is 0 Å². The van der Waals surface area contributed by atoms with Gasteiger partial charge in [-0.05, 0) is 64.8 Å². The molecule has 8 nitrogen and oxygen atoms in total. The Kier molecular flexibility index (Phi) is 6.37. The summed E-state index contributed by atoms with van der Waals surface area (Å²) in [5, 5.41) is 26.0. The molecule has 4 atom stereocenters. The molecule has 4 rings (SSSR count). The summed E-state index contributed by atoms with van der Waals surface area (Å²) in [5.41, 5.74) is -0.908. The van der Waals surface area contributed by atoms with Crippen LogP contribution in [0.15, 0.2) is 48.5 Å². The lowest BCUT2D eigenvalue weighted by molar-refractivity contribution is -0.137. The van der Waals surface area contributed by atoms with Crippen molar-refractivity contribution in [3.63, 3.8) is 0 Å². The van der Waals surface area contributed by atoms with Gasteiger partial charge in [0.25, 0.3) is 5.91 Å². The third kappa shape index (κ3) is 4.34. The molecule has 0 saturated carbocycles. The van der Waals surface area contributed by atoms with E-state index >= 15 is 0 Å². The van der Waals surface area contributed by atoms with Gasteiger partial charge in [-0.2, -0.15) is 0 Å². The Balaban J connectivity index is 1.59. The van der Waals surface area contributed by atoms with Gasteiger partial charge < -0.3 is 20.5 Å². The van der Waals surface area contributed by atoms with Crippen molar-refractivity contribution in [3.05, 3.63) is 65.2 Å². The molecule has 8 heteroatoms. The third-order valence-corrected chi connectivity index (χ3v) is 7.92. The van der Waals surface area contributed by atoms with E-state index in [1.54, 1.807) is 39.0 Å². The van der Waals surface area contributed by atoms with Crippen molar-refractivity contribution in [2.45, 2.75) is 83.2 Å². The Bertz CT molecular complexity index is 1190. The van der Waals surface area contributed by atoms with Crippen LogP contribution in [0.4, 0.5) is 0 Å². The van der Waals surface area contributed by atoms with E-state index < -0.39 is 28.8 Å². The molecule has 192 valence electrons. The Morgan fingerprint density at radius 3 is 2.58 bits per heavy atom. The molecular weight excluding hydrogens is 456 g/mol. The molecule has 2 aliphatic rings.